The molecule has 0 unspecified atom stereocenters. The predicted octanol–water partition coefficient (Wildman–Crippen LogP) is 2.41. The molecule has 0 radical (unpaired) electrons. The maximum atomic E-state index is 11.9. The molecule has 6 heteroatoms. The highest BCUT2D eigenvalue weighted by atomic mass is 35.5. The van der Waals surface area contributed by atoms with Gasteiger partial charge >= 0.3 is 0 Å². The Morgan fingerprint density at radius 3 is 2.59 bits per heavy atom. The quantitative estimate of drug-likeness (QED) is 0.929. The van der Waals surface area contributed by atoms with Crippen LogP contribution in [0.5, 0.6) is 0 Å². The van der Waals surface area contributed by atoms with Crippen LogP contribution in [0.3, 0.4) is 0 Å². The molecule has 0 saturated carbocycles. The molecule has 0 spiro atoms. The van der Waals surface area contributed by atoms with E-state index in [1.807, 2.05) is 0 Å². The van der Waals surface area contributed by atoms with Gasteiger partial charge in [0.15, 0.2) is 0 Å². The summed E-state index contributed by atoms with van der Waals surface area (Å²) in [5.41, 5.74) is 0. The molecule has 90 valence electrons. The van der Waals surface area contributed by atoms with Gasteiger partial charge in [0.25, 0.3) is 0 Å². The highest BCUT2D eigenvalue weighted by Crippen LogP contribution is 2.20. The molecule has 1 aromatic carbocycles. The van der Waals surface area contributed by atoms with Gasteiger partial charge < -0.3 is 4.42 Å². The van der Waals surface area contributed by atoms with Crippen molar-refractivity contribution in [3.05, 3.63) is 53.4 Å². The standard InChI is InChI=1S/C11H10ClNO3S/c12-10-5-1-2-6-11(10)17(14,15)13-8-9-4-3-7-16-9/h1-7,13H,8H2. The Labute approximate surface area is 104 Å². The zero-order valence-corrected chi connectivity index (χ0v) is 10.3. The van der Waals surface area contributed by atoms with Crippen LogP contribution in [0.1, 0.15) is 5.76 Å². The first-order valence-corrected chi connectivity index (χ1v) is 6.72. The highest BCUT2D eigenvalue weighted by Gasteiger charge is 2.17. The smallest absolute Gasteiger partial charge is 0.242 e. The number of hydrogen-bond acceptors (Lipinski definition) is 3. The van der Waals surface area contributed by atoms with Gasteiger partial charge in [0.2, 0.25) is 10.0 Å². The molecule has 1 heterocycles. The van der Waals surface area contributed by atoms with Gasteiger partial charge in [-0.1, -0.05) is 23.7 Å². The first kappa shape index (κ1) is 12.2. The fraction of sp³-hybridized carbons (Fsp3) is 0.0909. The molecule has 2 aromatic rings. The maximum Gasteiger partial charge on any atom is 0.242 e. The Balaban J connectivity index is 2.17. The molecule has 0 amide bonds. The fourth-order valence-electron chi connectivity index (χ4n) is 1.32. The van der Waals surface area contributed by atoms with E-state index in [0.29, 0.717) is 5.76 Å². The first-order chi connectivity index (χ1) is 8.09. The summed E-state index contributed by atoms with van der Waals surface area (Å²) < 4.78 is 31.3. The van der Waals surface area contributed by atoms with Gasteiger partial charge in [-0.25, -0.2) is 13.1 Å². The van der Waals surface area contributed by atoms with Crippen LogP contribution in [0, 0.1) is 0 Å². The molecule has 0 atom stereocenters. The van der Waals surface area contributed by atoms with E-state index in [2.05, 4.69) is 4.72 Å². The topological polar surface area (TPSA) is 59.3 Å². The van der Waals surface area contributed by atoms with Crippen molar-refractivity contribution in [1.29, 1.82) is 0 Å². The minimum atomic E-state index is -3.61. The summed E-state index contributed by atoms with van der Waals surface area (Å²) in [6.07, 6.45) is 1.49. The molecule has 1 N–H and O–H groups in total. The average molecular weight is 272 g/mol. The van der Waals surface area contributed by atoms with Crippen LogP contribution >= 0.6 is 11.6 Å². The second kappa shape index (κ2) is 4.91. The van der Waals surface area contributed by atoms with Gasteiger partial charge in [0, 0.05) is 0 Å². The Morgan fingerprint density at radius 1 is 1.18 bits per heavy atom. The Bertz CT molecular complexity index is 593. The van der Waals surface area contributed by atoms with Gasteiger partial charge in [0.05, 0.1) is 17.8 Å². The molecule has 0 saturated heterocycles. The normalized spacial score (nSPS) is 11.6. The molecule has 0 aliphatic rings. The monoisotopic (exact) mass is 271 g/mol. The summed E-state index contributed by atoms with van der Waals surface area (Å²) in [7, 11) is -3.61. The lowest BCUT2D eigenvalue weighted by atomic mass is 10.4. The zero-order chi connectivity index (χ0) is 12.3. The van der Waals surface area contributed by atoms with Crippen LogP contribution in [0.2, 0.25) is 5.02 Å². The van der Waals surface area contributed by atoms with Crippen molar-refractivity contribution in [2.75, 3.05) is 0 Å². The lowest BCUT2D eigenvalue weighted by Crippen LogP contribution is -2.23. The lowest BCUT2D eigenvalue weighted by Gasteiger charge is -2.06. The summed E-state index contributed by atoms with van der Waals surface area (Å²) in [6.45, 7) is 0.0978. The number of nitrogens with one attached hydrogen (secondary N) is 1. The lowest BCUT2D eigenvalue weighted by molar-refractivity contribution is 0.498. The van der Waals surface area contributed by atoms with Gasteiger partial charge in [0.1, 0.15) is 10.7 Å². The van der Waals surface area contributed by atoms with E-state index >= 15 is 0 Å². The second-order valence-corrected chi connectivity index (χ2v) is 5.48. The highest BCUT2D eigenvalue weighted by molar-refractivity contribution is 7.89. The van der Waals surface area contributed by atoms with E-state index in [1.165, 1.54) is 18.4 Å². The van der Waals surface area contributed by atoms with Gasteiger partial charge in [-0.3, -0.25) is 0 Å². The van der Waals surface area contributed by atoms with Gasteiger partial charge in [-0.15, -0.1) is 0 Å². The van der Waals surface area contributed by atoms with E-state index in [9.17, 15) is 8.42 Å². The summed E-state index contributed by atoms with van der Waals surface area (Å²) in [6, 6.07) is 9.66. The van der Waals surface area contributed by atoms with Crippen LogP contribution in [-0.2, 0) is 16.6 Å². The zero-order valence-electron chi connectivity index (χ0n) is 8.76. The van der Waals surface area contributed by atoms with Crippen LogP contribution in [0.25, 0.3) is 0 Å². The third-order valence-corrected chi connectivity index (χ3v) is 4.04. The molecule has 0 aliphatic carbocycles. The number of hydrogen-bond donors (Lipinski definition) is 1. The average Bonchev–Trinajstić information content (AvgIpc) is 2.80. The molecular formula is C11H10ClNO3S. The minimum absolute atomic E-state index is 0.0632. The van der Waals surface area contributed by atoms with Crippen LogP contribution < -0.4 is 4.72 Å². The van der Waals surface area contributed by atoms with Gasteiger partial charge in [-0.2, -0.15) is 0 Å². The molecule has 1 aromatic heterocycles. The number of rotatable bonds is 4. The van der Waals surface area contributed by atoms with Crippen molar-refractivity contribution < 1.29 is 12.8 Å². The van der Waals surface area contributed by atoms with Crippen molar-refractivity contribution >= 4 is 21.6 Å². The van der Waals surface area contributed by atoms with Crippen molar-refractivity contribution in [3.8, 4) is 0 Å². The number of furan rings is 1. The Morgan fingerprint density at radius 2 is 1.94 bits per heavy atom. The van der Waals surface area contributed by atoms with E-state index in [0.717, 1.165) is 0 Å². The molecule has 17 heavy (non-hydrogen) atoms. The SMILES string of the molecule is O=S(=O)(NCc1ccco1)c1ccccc1Cl. The second-order valence-electron chi connectivity index (χ2n) is 3.33. The first-order valence-electron chi connectivity index (χ1n) is 4.86. The van der Waals surface area contributed by atoms with E-state index in [1.54, 1.807) is 24.3 Å². The summed E-state index contributed by atoms with van der Waals surface area (Å²) in [5, 5.41) is 0.194. The van der Waals surface area contributed by atoms with Crippen molar-refractivity contribution in [2.45, 2.75) is 11.4 Å². The van der Waals surface area contributed by atoms with E-state index < -0.39 is 10.0 Å². The van der Waals surface area contributed by atoms with Crippen molar-refractivity contribution in [2.24, 2.45) is 0 Å². The van der Waals surface area contributed by atoms with Crippen LogP contribution in [0.15, 0.2) is 52.0 Å². The summed E-state index contributed by atoms with van der Waals surface area (Å²) in [5.74, 6) is 0.542. The minimum Gasteiger partial charge on any atom is -0.468 e. The van der Waals surface area contributed by atoms with Crippen LogP contribution in [0.4, 0.5) is 0 Å². The third kappa shape index (κ3) is 2.88. The van der Waals surface area contributed by atoms with E-state index in [4.69, 9.17) is 16.0 Å². The van der Waals surface area contributed by atoms with Gasteiger partial charge in [-0.05, 0) is 24.3 Å². The molecule has 4 nitrogen and oxygen atoms in total. The Hall–Kier alpha value is -1.30. The third-order valence-electron chi connectivity index (χ3n) is 2.14. The number of halogens is 1. The van der Waals surface area contributed by atoms with E-state index in [-0.39, 0.29) is 16.5 Å². The summed E-state index contributed by atoms with van der Waals surface area (Å²) in [4.78, 5) is 0.0632. The largest absolute Gasteiger partial charge is 0.468 e. The molecule has 2 rings (SSSR count). The number of benzene rings is 1. The fourth-order valence-corrected chi connectivity index (χ4v) is 2.83. The molecule has 0 bridgehead atoms. The Kier molecular flexibility index (Phi) is 3.51. The number of sulfonamides is 1. The van der Waals surface area contributed by atoms with Crippen LogP contribution in [-0.4, -0.2) is 8.42 Å². The molecule has 0 aliphatic heterocycles. The van der Waals surface area contributed by atoms with Crippen molar-refractivity contribution in [1.82, 2.24) is 4.72 Å². The molecular weight excluding hydrogens is 262 g/mol. The predicted molar refractivity (Wildman–Crippen MR) is 64.2 cm³/mol. The van der Waals surface area contributed by atoms with Crippen molar-refractivity contribution in [3.63, 3.8) is 0 Å². The summed E-state index contributed by atoms with van der Waals surface area (Å²) >= 11 is 5.83. The molecule has 0 fully saturated rings. The maximum absolute atomic E-state index is 11.9.